The second-order valence-electron chi connectivity index (χ2n) is 5.20. The second-order valence-corrected chi connectivity index (χ2v) is 7.99. The third-order valence-corrected chi connectivity index (χ3v) is 3.19. The molecule has 1 aromatic rings. The topological polar surface area (TPSA) is 13.1 Å². The number of hydrogen-bond donors (Lipinski definition) is 0. The van der Waals surface area contributed by atoms with Gasteiger partial charge in [0.05, 0.1) is 0 Å². The number of pyridine rings is 1. The van der Waals surface area contributed by atoms with Gasteiger partial charge in [-0.25, -0.2) is 0 Å². The number of unbranched alkanes of at least 4 members (excludes halogenated alkanes) is 1. The minimum absolute atomic E-state index is 0.583. The van der Waals surface area contributed by atoms with Crippen LogP contribution in [0.3, 0.4) is 0 Å². The summed E-state index contributed by atoms with van der Waals surface area (Å²) >= 11 is 11.8. The van der Waals surface area contributed by atoms with Gasteiger partial charge in [0, 0.05) is 4.73 Å². The van der Waals surface area contributed by atoms with Crippen LogP contribution in [0.1, 0.15) is 39.5 Å². The van der Waals surface area contributed by atoms with Gasteiger partial charge >= 0.3 is 33.0 Å². The number of halogens is 8. The van der Waals surface area contributed by atoms with E-state index in [0.717, 1.165) is 6.42 Å². The van der Waals surface area contributed by atoms with Crippen LogP contribution in [0.2, 0.25) is 10.0 Å². The number of rotatable bonds is 7. The van der Waals surface area contributed by atoms with Crippen molar-refractivity contribution in [2.75, 3.05) is 6.61 Å². The van der Waals surface area contributed by atoms with Gasteiger partial charge in [-0.2, -0.15) is 0 Å². The molecule has 1 heterocycles. The Morgan fingerprint density at radius 3 is 1.88 bits per heavy atom. The normalized spacial score (nSPS) is 15.6. The molecule has 0 fully saturated rings. The van der Waals surface area contributed by atoms with Crippen LogP contribution in [0.5, 0.6) is 0 Å². The molecule has 1 unspecified atom stereocenters. The van der Waals surface area contributed by atoms with Crippen LogP contribution < -0.4 is 9.57 Å². The fourth-order valence-electron chi connectivity index (χ4n) is 1.65. The van der Waals surface area contributed by atoms with Gasteiger partial charge in [0.25, 0.3) is 0 Å². The molecule has 1 atom stereocenters. The summed E-state index contributed by atoms with van der Waals surface area (Å²) in [7, 11) is -10.7. The SMILES string of the molecule is CCCCC(CC)CO[n+]1cc(Cl)cc(Cl)c1.F[P-](F)(F)(F)(F)F. The van der Waals surface area contributed by atoms with Crippen LogP contribution in [0, 0.1) is 5.92 Å². The van der Waals surface area contributed by atoms with E-state index in [1.54, 1.807) is 23.2 Å². The van der Waals surface area contributed by atoms with Crippen molar-refractivity contribution >= 4 is 31.0 Å². The molecule has 0 spiro atoms. The zero-order valence-corrected chi connectivity index (χ0v) is 15.6. The van der Waals surface area contributed by atoms with Gasteiger partial charge in [-0.15, -0.1) is 0 Å². The van der Waals surface area contributed by atoms with Crippen molar-refractivity contribution in [3.05, 3.63) is 28.5 Å². The molecule has 0 bridgehead atoms. The first-order valence-electron chi connectivity index (χ1n) is 7.17. The average Bonchev–Trinajstić information content (AvgIpc) is 2.34. The summed E-state index contributed by atoms with van der Waals surface area (Å²) in [5.41, 5.74) is 0. The average molecular weight is 422 g/mol. The van der Waals surface area contributed by atoms with Crippen LogP contribution in [-0.2, 0) is 0 Å². The van der Waals surface area contributed by atoms with Gasteiger partial charge < -0.3 is 0 Å². The Labute approximate surface area is 146 Å². The van der Waals surface area contributed by atoms with Gasteiger partial charge in [0.2, 0.25) is 12.4 Å². The summed E-state index contributed by atoms with van der Waals surface area (Å²) in [6.45, 7) is 5.11. The van der Waals surface area contributed by atoms with Crippen LogP contribution in [0.15, 0.2) is 18.5 Å². The van der Waals surface area contributed by atoms with E-state index in [1.165, 1.54) is 19.3 Å². The monoisotopic (exact) mass is 421 g/mol. The number of aromatic nitrogens is 1. The summed E-state index contributed by atoms with van der Waals surface area (Å²) in [4.78, 5) is 5.67. The second kappa shape index (κ2) is 8.28. The third-order valence-electron chi connectivity index (χ3n) is 2.78. The molecule has 0 radical (unpaired) electrons. The zero-order chi connectivity index (χ0) is 19.1. The molecular weight excluding hydrogens is 402 g/mol. The fourth-order valence-corrected chi connectivity index (χ4v) is 2.13. The predicted octanol–water partition coefficient (Wildman–Crippen LogP) is 7.31. The van der Waals surface area contributed by atoms with E-state index in [9.17, 15) is 25.2 Å². The summed E-state index contributed by atoms with van der Waals surface area (Å²) in [6.07, 6.45) is 8.27. The summed E-state index contributed by atoms with van der Waals surface area (Å²) in [5.74, 6) is 0.597. The van der Waals surface area contributed by atoms with Crippen LogP contribution in [0.25, 0.3) is 0 Å². The molecule has 0 aliphatic rings. The molecule has 0 aromatic carbocycles. The van der Waals surface area contributed by atoms with Crippen molar-refractivity contribution in [3.63, 3.8) is 0 Å². The van der Waals surface area contributed by atoms with E-state index in [0.29, 0.717) is 22.6 Å². The molecule has 144 valence electrons. The van der Waals surface area contributed by atoms with E-state index in [2.05, 4.69) is 13.8 Å². The maximum atomic E-state index is 9.87. The van der Waals surface area contributed by atoms with E-state index in [4.69, 9.17) is 28.0 Å². The van der Waals surface area contributed by atoms with E-state index >= 15 is 0 Å². The van der Waals surface area contributed by atoms with Crippen LogP contribution >= 0.6 is 31.0 Å². The van der Waals surface area contributed by atoms with Crippen molar-refractivity contribution in [1.82, 2.24) is 0 Å². The van der Waals surface area contributed by atoms with E-state index < -0.39 is 7.81 Å². The van der Waals surface area contributed by atoms with Gasteiger partial charge in [0.1, 0.15) is 10.0 Å². The quantitative estimate of drug-likeness (QED) is 0.255. The van der Waals surface area contributed by atoms with Gasteiger partial charge in [-0.3, -0.25) is 4.84 Å². The molecule has 0 saturated heterocycles. The van der Waals surface area contributed by atoms with Crippen molar-refractivity contribution in [2.24, 2.45) is 5.92 Å². The maximum absolute atomic E-state index is 10.7. The van der Waals surface area contributed by atoms with Crippen LogP contribution in [0.4, 0.5) is 25.2 Å². The van der Waals surface area contributed by atoms with Crippen molar-refractivity contribution in [1.29, 1.82) is 0 Å². The molecule has 0 aliphatic carbocycles. The Hall–Kier alpha value is -0.460. The van der Waals surface area contributed by atoms with Gasteiger partial charge in [-0.05, 0) is 24.8 Å². The molecule has 0 N–H and O–H groups in total. The van der Waals surface area contributed by atoms with E-state index in [-0.39, 0.29) is 0 Å². The van der Waals surface area contributed by atoms with Crippen LogP contribution in [-0.4, -0.2) is 6.61 Å². The van der Waals surface area contributed by atoms with E-state index in [1.807, 2.05) is 0 Å². The Balaban J connectivity index is 0.000000640. The molecule has 24 heavy (non-hydrogen) atoms. The number of nitrogens with zero attached hydrogens (tertiary/aromatic N) is 1. The Morgan fingerprint density at radius 2 is 1.50 bits per heavy atom. The first kappa shape index (κ1) is 23.5. The molecule has 1 aromatic heterocycles. The fraction of sp³-hybridized carbons (Fsp3) is 0.615. The molecule has 11 heteroatoms. The standard InChI is InChI=1S/C13H20Cl2NO.F6P/c1-3-5-6-11(4-2)10-17-16-8-12(14)7-13(15)9-16;1-7(2,3,4,5)6/h7-9,11H,3-6,10H2,1-2H3;/q+1;-1. The summed E-state index contributed by atoms with van der Waals surface area (Å²) in [5, 5.41) is 1.17. The molecule has 1 rings (SSSR count). The molecule has 0 saturated carbocycles. The summed E-state index contributed by atoms with van der Waals surface area (Å²) in [6, 6.07) is 1.69. The zero-order valence-electron chi connectivity index (χ0n) is 13.2. The predicted molar refractivity (Wildman–Crippen MR) is 85.0 cm³/mol. The molecular formula is C13H20Cl2F6NOP. The molecule has 0 aliphatic heterocycles. The first-order valence-corrected chi connectivity index (χ1v) is 9.96. The Bertz CT molecular complexity index is 494. The summed E-state index contributed by atoms with van der Waals surface area (Å²) < 4.78 is 60.8. The molecule has 0 amide bonds. The minimum atomic E-state index is -10.7. The van der Waals surface area contributed by atoms with Crippen molar-refractivity contribution in [3.8, 4) is 0 Å². The first-order chi connectivity index (χ1) is 10.6. The van der Waals surface area contributed by atoms with Crippen molar-refractivity contribution < 1.29 is 34.7 Å². The van der Waals surface area contributed by atoms with Gasteiger partial charge in [-0.1, -0.05) is 49.9 Å². The third kappa shape index (κ3) is 17.9. The Kier molecular flexibility index (Phi) is 8.12. The van der Waals surface area contributed by atoms with Gasteiger partial charge in [0.15, 0.2) is 6.61 Å². The van der Waals surface area contributed by atoms with Crippen molar-refractivity contribution in [2.45, 2.75) is 39.5 Å². The number of hydrogen-bond acceptors (Lipinski definition) is 1. The Morgan fingerprint density at radius 1 is 1.04 bits per heavy atom. The molecule has 2 nitrogen and oxygen atoms in total.